The highest BCUT2D eigenvalue weighted by Gasteiger charge is 2.26. The molecule has 0 heterocycles. The molecule has 156 valence electrons. The maximum absolute atomic E-state index is 13.3. The summed E-state index contributed by atoms with van der Waals surface area (Å²) >= 11 is 0. The van der Waals surface area contributed by atoms with E-state index < -0.39 is 10.8 Å². The lowest BCUT2D eigenvalue weighted by Crippen LogP contribution is -2.17. The summed E-state index contributed by atoms with van der Waals surface area (Å²) in [5, 5.41) is 14.4. The van der Waals surface area contributed by atoms with E-state index in [1.54, 1.807) is 84.9 Å². The fourth-order valence-corrected chi connectivity index (χ4v) is 3.51. The minimum absolute atomic E-state index is 0.0642. The molecule has 1 N–H and O–H groups in total. The molecule has 4 rings (SSSR count). The summed E-state index contributed by atoms with van der Waals surface area (Å²) in [6.45, 7) is 0. The molecule has 0 aromatic heterocycles. The van der Waals surface area contributed by atoms with Crippen LogP contribution in [0.25, 0.3) is 11.1 Å². The number of nitrogens with one attached hydrogen (secondary N) is 1. The number of anilines is 1. The summed E-state index contributed by atoms with van der Waals surface area (Å²) in [5.74, 6) is -0.920. The average molecular weight is 422 g/mol. The first-order valence-corrected chi connectivity index (χ1v) is 9.89. The number of ketones is 1. The highest BCUT2D eigenvalue weighted by atomic mass is 16.6. The molecule has 0 aliphatic carbocycles. The Hall–Kier alpha value is -4.58. The SMILES string of the molecule is O=C(c1ccccc1)c1ccccc1NC(=O)c1c(-c2ccccc2)cccc1[N+](=O)[O-]. The van der Waals surface area contributed by atoms with E-state index in [-0.39, 0.29) is 22.7 Å². The van der Waals surface area contributed by atoms with Gasteiger partial charge in [0.1, 0.15) is 5.56 Å². The molecular weight excluding hydrogens is 404 g/mol. The first kappa shape index (κ1) is 20.7. The standard InChI is InChI=1S/C26H18N2O4/c29-25(19-12-5-2-6-13-19)21-14-7-8-16-22(21)27-26(30)24-20(18-10-3-1-4-11-18)15-9-17-23(24)28(31)32/h1-17H,(H,27,30). The lowest BCUT2D eigenvalue weighted by Gasteiger charge is -2.13. The Morgan fingerprint density at radius 2 is 1.34 bits per heavy atom. The van der Waals surface area contributed by atoms with Gasteiger partial charge in [0, 0.05) is 22.8 Å². The molecule has 0 atom stereocenters. The Morgan fingerprint density at radius 1 is 0.719 bits per heavy atom. The van der Waals surface area contributed by atoms with Crippen LogP contribution in [-0.2, 0) is 0 Å². The van der Waals surface area contributed by atoms with Crippen LogP contribution in [0.3, 0.4) is 0 Å². The number of hydrogen-bond donors (Lipinski definition) is 1. The van der Waals surface area contributed by atoms with Gasteiger partial charge in [-0.05, 0) is 17.7 Å². The van der Waals surface area contributed by atoms with Crippen molar-refractivity contribution in [3.05, 3.63) is 130 Å². The van der Waals surface area contributed by atoms with Crippen LogP contribution < -0.4 is 5.32 Å². The number of nitro benzene ring substituents is 1. The zero-order valence-electron chi connectivity index (χ0n) is 16.9. The van der Waals surface area contributed by atoms with Gasteiger partial charge in [-0.25, -0.2) is 0 Å². The third-order valence-electron chi connectivity index (χ3n) is 5.01. The summed E-state index contributed by atoms with van der Waals surface area (Å²) in [6, 6.07) is 28.8. The molecule has 0 radical (unpaired) electrons. The summed E-state index contributed by atoms with van der Waals surface area (Å²) in [7, 11) is 0. The van der Waals surface area contributed by atoms with Crippen molar-refractivity contribution in [2.24, 2.45) is 0 Å². The van der Waals surface area contributed by atoms with E-state index in [9.17, 15) is 19.7 Å². The Bertz CT molecular complexity index is 1300. The van der Waals surface area contributed by atoms with Crippen molar-refractivity contribution >= 4 is 23.1 Å². The second kappa shape index (κ2) is 9.06. The zero-order chi connectivity index (χ0) is 22.5. The Morgan fingerprint density at radius 3 is 2.03 bits per heavy atom. The minimum Gasteiger partial charge on any atom is -0.321 e. The largest absolute Gasteiger partial charge is 0.321 e. The average Bonchev–Trinajstić information content (AvgIpc) is 2.84. The summed E-state index contributed by atoms with van der Waals surface area (Å²) in [4.78, 5) is 37.4. The molecule has 0 aliphatic heterocycles. The maximum atomic E-state index is 13.3. The molecule has 0 saturated carbocycles. The molecule has 6 heteroatoms. The van der Waals surface area contributed by atoms with E-state index in [2.05, 4.69) is 5.32 Å². The van der Waals surface area contributed by atoms with Crippen LogP contribution in [0.2, 0.25) is 0 Å². The molecule has 0 fully saturated rings. The number of amides is 1. The Balaban J connectivity index is 1.77. The molecule has 0 spiro atoms. The molecule has 0 saturated heterocycles. The highest BCUT2D eigenvalue weighted by molar-refractivity contribution is 6.17. The molecule has 0 unspecified atom stereocenters. The van der Waals surface area contributed by atoms with Gasteiger partial charge >= 0.3 is 0 Å². The number of hydrogen-bond acceptors (Lipinski definition) is 4. The van der Waals surface area contributed by atoms with Crippen LogP contribution in [0.5, 0.6) is 0 Å². The smallest absolute Gasteiger partial charge is 0.282 e. The zero-order valence-corrected chi connectivity index (χ0v) is 16.9. The van der Waals surface area contributed by atoms with Gasteiger partial charge in [0.15, 0.2) is 5.78 Å². The third kappa shape index (κ3) is 4.15. The first-order valence-electron chi connectivity index (χ1n) is 9.89. The van der Waals surface area contributed by atoms with E-state index in [0.29, 0.717) is 22.3 Å². The van der Waals surface area contributed by atoms with Crippen molar-refractivity contribution in [3.63, 3.8) is 0 Å². The lowest BCUT2D eigenvalue weighted by atomic mass is 9.97. The molecular formula is C26H18N2O4. The van der Waals surface area contributed by atoms with Crippen LogP contribution in [-0.4, -0.2) is 16.6 Å². The van der Waals surface area contributed by atoms with Crippen LogP contribution in [0, 0.1) is 10.1 Å². The van der Waals surface area contributed by atoms with Crippen LogP contribution in [0.1, 0.15) is 26.3 Å². The van der Waals surface area contributed by atoms with E-state index in [0.717, 1.165) is 0 Å². The van der Waals surface area contributed by atoms with Gasteiger partial charge in [0.25, 0.3) is 11.6 Å². The minimum atomic E-state index is -0.663. The van der Waals surface area contributed by atoms with Gasteiger partial charge in [-0.3, -0.25) is 19.7 Å². The number of para-hydroxylation sites is 1. The highest BCUT2D eigenvalue weighted by Crippen LogP contribution is 2.32. The normalized spacial score (nSPS) is 10.4. The number of benzene rings is 4. The van der Waals surface area contributed by atoms with Gasteiger partial charge in [0.2, 0.25) is 0 Å². The number of rotatable bonds is 6. The monoisotopic (exact) mass is 422 g/mol. The summed E-state index contributed by atoms with van der Waals surface area (Å²) in [6.07, 6.45) is 0. The number of carbonyl (C=O) groups excluding carboxylic acids is 2. The van der Waals surface area contributed by atoms with E-state index in [1.165, 1.54) is 6.07 Å². The molecule has 4 aromatic rings. The van der Waals surface area contributed by atoms with E-state index in [4.69, 9.17) is 0 Å². The van der Waals surface area contributed by atoms with Crippen molar-refractivity contribution in [1.29, 1.82) is 0 Å². The fourth-order valence-electron chi connectivity index (χ4n) is 3.51. The second-order valence-corrected chi connectivity index (χ2v) is 7.02. The quantitative estimate of drug-likeness (QED) is 0.244. The predicted octanol–water partition coefficient (Wildman–Crippen LogP) is 5.75. The lowest BCUT2D eigenvalue weighted by molar-refractivity contribution is -0.385. The molecule has 32 heavy (non-hydrogen) atoms. The second-order valence-electron chi connectivity index (χ2n) is 7.02. The van der Waals surface area contributed by atoms with Crippen molar-refractivity contribution < 1.29 is 14.5 Å². The number of nitrogens with zero attached hydrogens (tertiary/aromatic N) is 1. The van der Waals surface area contributed by atoms with Crippen LogP contribution in [0.15, 0.2) is 103 Å². The maximum Gasteiger partial charge on any atom is 0.282 e. The number of carbonyl (C=O) groups is 2. The van der Waals surface area contributed by atoms with E-state index in [1.807, 2.05) is 12.1 Å². The molecule has 4 aromatic carbocycles. The molecule has 6 nitrogen and oxygen atoms in total. The Kier molecular flexibility index (Phi) is 5.85. The van der Waals surface area contributed by atoms with Gasteiger partial charge < -0.3 is 5.32 Å². The van der Waals surface area contributed by atoms with Crippen molar-refractivity contribution in [2.75, 3.05) is 5.32 Å². The van der Waals surface area contributed by atoms with Crippen molar-refractivity contribution in [1.82, 2.24) is 0 Å². The van der Waals surface area contributed by atoms with Gasteiger partial charge in [-0.1, -0.05) is 84.9 Å². The fraction of sp³-hybridized carbons (Fsp3) is 0. The van der Waals surface area contributed by atoms with Crippen LogP contribution >= 0.6 is 0 Å². The summed E-state index contributed by atoms with van der Waals surface area (Å²) < 4.78 is 0. The Labute approximate surface area is 184 Å². The number of nitro groups is 1. The third-order valence-corrected chi connectivity index (χ3v) is 5.01. The van der Waals surface area contributed by atoms with Crippen molar-refractivity contribution in [2.45, 2.75) is 0 Å². The van der Waals surface area contributed by atoms with E-state index >= 15 is 0 Å². The molecule has 1 amide bonds. The molecule has 0 bridgehead atoms. The first-order chi connectivity index (χ1) is 15.6. The van der Waals surface area contributed by atoms with Gasteiger partial charge in [-0.2, -0.15) is 0 Å². The molecule has 0 aliphatic rings. The van der Waals surface area contributed by atoms with Crippen LogP contribution in [0.4, 0.5) is 11.4 Å². The van der Waals surface area contributed by atoms with Gasteiger partial charge in [0.05, 0.1) is 10.6 Å². The van der Waals surface area contributed by atoms with Gasteiger partial charge in [-0.15, -0.1) is 0 Å². The topological polar surface area (TPSA) is 89.3 Å². The van der Waals surface area contributed by atoms with Crippen molar-refractivity contribution in [3.8, 4) is 11.1 Å². The summed E-state index contributed by atoms with van der Waals surface area (Å²) in [5.41, 5.74) is 1.79. The predicted molar refractivity (Wildman–Crippen MR) is 123 cm³/mol.